The second kappa shape index (κ2) is 8.74. The predicted octanol–water partition coefficient (Wildman–Crippen LogP) is 4.21. The van der Waals surface area contributed by atoms with Gasteiger partial charge in [-0.3, -0.25) is 4.79 Å². The molecule has 4 rings (SSSR count). The minimum absolute atomic E-state index is 0.0613. The van der Waals surface area contributed by atoms with Crippen LogP contribution in [0.5, 0.6) is 5.75 Å². The summed E-state index contributed by atoms with van der Waals surface area (Å²) >= 11 is 1.22. The molecule has 2 aromatic heterocycles. The molecule has 0 saturated heterocycles. The Kier molecular flexibility index (Phi) is 5.88. The fourth-order valence-electron chi connectivity index (χ4n) is 3.47. The van der Waals surface area contributed by atoms with Crippen molar-refractivity contribution in [1.29, 1.82) is 5.26 Å². The average molecular weight is 420 g/mol. The lowest BCUT2D eigenvalue weighted by molar-refractivity contribution is -0.131. The van der Waals surface area contributed by atoms with Crippen LogP contribution in [0.15, 0.2) is 52.1 Å². The van der Waals surface area contributed by atoms with E-state index in [0.717, 1.165) is 35.3 Å². The Labute approximate surface area is 179 Å². The molecule has 1 aliphatic rings. The first-order chi connectivity index (χ1) is 14.5. The molecule has 0 aliphatic carbocycles. The Hall–Kier alpha value is -3.08. The predicted molar refractivity (Wildman–Crippen MR) is 114 cm³/mol. The number of esters is 1. The van der Waals surface area contributed by atoms with Crippen LogP contribution < -0.4 is 4.74 Å². The summed E-state index contributed by atoms with van der Waals surface area (Å²) in [6.45, 7) is 3.57. The summed E-state index contributed by atoms with van der Waals surface area (Å²) in [5, 5.41) is 10.5. The van der Waals surface area contributed by atoms with Gasteiger partial charge in [-0.05, 0) is 38.2 Å². The molecule has 0 spiro atoms. The largest absolute Gasteiger partial charge is 0.464 e. The van der Waals surface area contributed by atoms with E-state index >= 15 is 0 Å². The summed E-state index contributed by atoms with van der Waals surface area (Å²) in [6, 6.07) is 13.3. The van der Waals surface area contributed by atoms with Crippen molar-refractivity contribution in [2.24, 2.45) is 0 Å². The summed E-state index contributed by atoms with van der Waals surface area (Å²) in [4.78, 5) is 19.3. The van der Waals surface area contributed by atoms with E-state index in [1.54, 1.807) is 18.4 Å². The van der Waals surface area contributed by atoms with Crippen molar-refractivity contribution in [3.05, 3.63) is 65.0 Å². The lowest BCUT2D eigenvalue weighted by atomic mass is 9.95. The zero-order chi connectivity index (χ0) is 21.1. The third kappa shape index (κ3) is 4.25. The van der Waals surface area contributed by atoms with Crippen LogP contribution in [0.4, 0.5) is 0 Å². The van der Waals surface area contributed by atoms with Crippen molar-refractivity contribution in [1.82, 2.24) is 9.88 Å². The molecule has 0 radical (unpaired) electrons. The van der Waals surface area contributed by atoms with E-state index in [1.807, 2.05) is 38.2 Å². The van der Waals surface area contributed by atoms with Gasteiger partial charge in [0.1, 0.15) is 22.6 Å². The highest BCUT2D eigenvalue weighted by Crippen LogP contribution is 2.37. The van der Waals surface area contributed by atoms with Gasteiger partial charge in [0.05, 0.1) is 17.6 Å². The summed E-state index contributed by atoms with van der Waals surface area (Å²) < 4.78 is 11.0. The maximum atomic E-state index is 12.3. The summed E-state index contributed by atoms with van der Waals surface area (Å²) in [5.41, 5.74) is 4.27. The number of nitriles is 1. The molecule has 6 nitrogen and oxygen atoms in total. The number of hydrogen-bond donors (Lipinski definition) is 0. The number of thioether (sulfide) groups is 1. The average Bonchev–Trinajstić information content (AvgIpc) is 3.27. The van der Waals surface area contributed by atoms with Crippen molar-refractivity contribution >= 4 is 17.7 Å². The first-order valence-corrected chi connectivity index (χ1v) is 10.6. The van der Waals surface area contributed by atoms with Crippen LogP contribution in [0.3, 0.4) is 0 Å². The SMILES string of the molecule is Cc1ccc(OC(=O)CSc2nc3c(c(-c4ccco4)c2C#N)CN(C)CC3)cc1. The molecule has 0 saturated carbocycles. The zero-order valence-corrected chi connectivity index (χ0v) is 17.7. The van der Waals surface area contributed by atoms with Crippen LogP contribution in [-0.2, 0) is 17.8 Å². The third-order valence-corrected chi connectivity index (χ3v) is 5.92. The van der Waals surface area contributed by atoms with Crippen molar-refractivity contribution in [2.75, 3.05) is 19.3 Å². The first kappa shape index (κ1) is 20.2. The standard InChI is InChI=1S/C23H21N3O3S/c1-15-5-7-16(8-6-15)29-21(27)14-30-23-17(12-24)22(20-4-3-11-28-20)18-13-26(2)10-9-19(18)25-23/h3-8,11H,9-10,13-14H2,1-2H3. The van der Waals surface area contributed by atoms with Gasteiger partial charge in [0.25, 0.3) is 0 Å². The van der Waals surface area contributed by atoms with Crippen molar-refractivity contribution in [2.45, 2.75) is 24.9 Å². The van der Waals surface area contributed by atoms with Crippen LogP contribution in [0.1, 0.15) is 22.4 Å². The molecule has 0 fully saturated rings. The monoisotopic (exact) mass is 419 g/mol. The molecule has 0 N–H and O–H groups in total. The minimum Gasteiger partial charge on any atom is -0.464 e. The number of aromatic nitrogens is 1. The van der Waals surface area contributed by atoms with Gasteiger partial charge in [0.2, 0.25) is 0 Å². The summed E-state index contributed by atoms with van der Waals surface area (Å²) in [6.07, 6.45) is 2.38. The fourth-order valence-corrected chi connectivity index (χ4v) is 4.25. The van der Waals surface area contributed by atoms with Crippen LogP contribution in [0.2, 0.25) is 0 Å². The second-order valence-electron chi connectivity index (χ2n) is 7.24. The minimum atomic E-state index is -0.383. The number of carbonyl (C=O) groups excluding carboxylic acids is 1. The first-order valence-electron chi connectivity index (χ1n) is 9.63. The summed E-state index contributed by atoms with van der Waals surface area (Å²) in [7, 11) is 2.05. The maximum Gasteiger partial charge on any atom is 0.321 e. The normalized spacial score (nSPS) is 13.5. The number of likely N-dealkylation sites (N-methyl/N-ethyl adjacent to an activating group) is 1. The van der Waals surface area contributed by atoms with E-state index in [0.29, 0.717) is 28.6 Å². The molecule has 30 heavy (non-hydrogen) atoms. The topological polar surface area (TPSA) is 79.4 Å². The molecule has 0 amide bonds. The van der Waals surface area contributed by atoms with Gasteiger partial charge in [0, 0.05) is 36.3 Å². The highest BCUT2D eigenvalue weighted by atomic mass is 32.2. The van der Waals surface area contributed by atoms with Gasteiger partial charge in [-0.1, -0.05) is 29.5 Å². The number of rotatable bonds is 5. The molecule has 0 atom stereocenters. The Morgan fingerprint density at radius 2 is 2.13 bits per heavy atom. The van der Waals surface area contributed by atoms with Gasteiger partial charge in [-0.15, -0.1) is 0 Å². The molecule has 0 bridgehead atoms. The Morgan fingerprint density at radius 1 is 1.33 bits per heavy atom. The number of hydrogen-bond acceptors (Lipinski definition) is 7. The lowest BCUT2D eigenvalue weighted by Crippen LogP contribution is -2.28. The molecular weight excluding hydrogens is 398 g/mol. The Bertz CT molecular complexity index is 1100. The van der Waals surface area contributed by atoms with Crippen molar-refractivity contribution in [3.63, 3.8) is 0 Å². The highest BCUT2D eigenvalue weighted by Gasteiger charge is 2.26. The van der Waals surface area contributed by atoms with E-state index in [4.69, 9.17) is 14.1 Å². The van der Waals surface area contributed by atoms with Gasteiger partial charge < -0.3 is 14.1 Å². The number of aryl methyl sites for hydroxylation is 1. The summed E-state index contributed by atoms with van der Waals surface area (Å²) in [5.74, 6) is 0.826. The van der Waals surface area contributed by atoms with E-state index < -0.39 is 0 Å². The molecule has 3 heterocycles. The van der Waals surface area contributed by atoms with E-state index in [-0.39, 0.29) is 11.7 Å². The highest BCUT2D eigenvalue weighted by molar-refractivity contribution is 7.99. The molecule has 3 aromatic rings. The molecule has 7 heteroatoms. The number of furan rings is 1. The van der Waals surface area contributed by atoms with Gasteiger partial charge in [-0.25, -0.2) is 4.98 Å². The number of fused-ring (bicyclic) bond motifs is 1. The number of benzene rings is 1. The lowest BCUT2D eigenvalue weighted by Gasteiger charge is -2.27. The van der Waals surface area contributed by atoms with Gasteiger partial charge >= 0.3 is 5.97 Å². The maximum absolute atomic E-state index is 12.3. The van der Waals surface area contributed by atoms with E-state index in [2.05, 4.69) is 11.0 Å². The van der Waals surface area contributed by atoms with Crippen LogP contribution in [-0.4, -0.2) is 35.2 Å². The van der Waals surface area contributed by atoms with Gasteiger partial charge in [-0.2, -0.15) is 5.26 Å². The smallest absolute Gasteiger partial charge is 0.321 e. The quantitative estimate of drug-likeness (QED) is 0.348. The molecule has 1 aromatic carbocycles. The molecule has 152 valence electrons. The number of carbonyl (C=O) groups is 1. The van der Waals surface area contributed by atoms with Crippen molar-refractivity contribution in [3.8, 4) is 23.1 Å². The van der Waals surface area contributed by atoms with Crippen molar-refractivity contribution < 1.29 is 13.9 Å². The van der Waals surface area contributed by atoms with Crippen LogP contribution in [0, 0.1) is 18.3 Å². The Morgan fingerprint density at radius 3 is 2.83 bits per heavy atom. The van der Waals surface area contributed by atoms with E-state index in [9.17, 15) is 10.1 Å². The zero-order valence-electron chi connectivity index (χ0n) is 16.8. The van der Waals surface area contributed by atoms with E-state index in [1.165, 1.54) is 11.8 Å². The van der Waals surface area contributed by atoms with Gasteiger partial charge in [0.15, 0.2) is 0 Å². The Balaban J connectivity index is 1.62. The third-order valence-electron chi connectivity index (χ3n) is 4.97. The molecule has 1 aliphatic heterocycles. The number of ether oxygens (including phenoxy) is 1. The second-order valence-corrected chi connectivity index (χ2v) is 8.21. The number of pyridine rings is 1. The van der Waals surface area contributed by atoms with Crippen LogP contribution >= 0.6 is 11.8 Å². The number of nitrogens with zero attached hydrogens (tertiary/aromatic N) is 3. The fraction of sp³-hybridized carbons (Fsp3) is 0.261. The van der Waals surface area contributed by atoms with Crippen LogP contribution in [0.25, 0.3) is 11.3 Å². The molecule has 0 unspecified atom stereocenters. The molecular formula is C23H21N3O3S.